The summed E-state index contributed by atoms with van der Waals surface area (Å²) in [6.07, 6.45) is -0.176. The minimum Gasteiger partial charge on any atom is -0.550 e. The molecule has 0 aliphatic heterocycles. The molecule has 0 bridgehead atoms. The second kappa shape index (κ2) is 5.87. The second-order valence-corrected chi connectivity index (χ2v) is 1.44. The van der Waals surface area contributed by atoms with Crippen molar-refractivity contribution in [1.29, 1.82) is 0 Å². The normalized spacial score (nSPS) is 7.67. The quantitative estimate of drug-likeness (QED) is 0.284. The molecule has 0 aromatic carbocycles. The summed E-state index contributed by atoms with van der Waals surface area (Å²) in [7, 11) is 0. The number of aliphatic carboxylic acids is 1. The van der Waals surface area contributed by atoms with Crippen molar-refractivity contribution in [3.05, 3.63) is 0 Å². The van der Waals surface area contributed by atoms with Gasteiger partial charge < -0.3 is 9.90 Å². The van der Waals surface area contributed by atoms with Crippen molar-refractivity contribution in [2.75, 3.05) is 0 Å². The summed E-state index contributed by atoms with van der Waals surface area (Å²) < 4.78 is 0. The number of hydrogen-bond donors (Lipinski definition) is 0. The van der Waals surface area contributed by atoms with E-state index in [1.165, 1.54) is 0 Å². The molecular weight excluding hydrogens is 115 g/mol. The number of ketones is 1. The summed E-state index contributed by atoms with van der Waals surface area (Å²) in [5.41, 5.74) is 0. The van der Waals surface area contributed by atoms with Crippen LogP contribution in [-0.4, -0.2) is 11.8 Å². The average Bonchev–Trinajstić information content (AvgIpc) is 1.65. The average molecular weight is 122 g/mol. The molecule has 0 aromatic rings. The zero-order valence-corrected chi connectivity index (χ0v) is 5.64. The number of carboxylic acids is 1. The summed E-state index contributed by atoms with van der Waals surface area (Å²) >= 11 is 0. The van der Waals surface area contributed by atoms with Crippen LogP contribution in [0.3, 0.4) is 0 Å². The van der Waals surface area contributed by atoms with Gasteiger partial charge >= 0.3 is 18.9 Å². The molecule has 0 saturated carbocycles. The largest absolute Gasteiger partial charge is 1.00 e. The number of carbonyl (C=O) groups is 2. The molecule has 0 unspecified atom stereocenters. The summed E-state index contributed by atoms with van der Waals surface area (Å²) in [6, 6.07) is 0. The van der Waals surface area contributed by atoms with Gasteiger partial charge in [-0.05, 0) is 0 Å². The predicted octanol–water partition coefficient (Wildman–Crippen LogP) is -3.89. The fourth-order valence-electron chi connectivity index (χ4n) is 0.286. The standard InChI is InChI=1S/C5H8O3.Li/c1-2-4(6)3-5(7)8;/h2-3H2,1H3,(H,7,8);/q;+1/p-1. The summed E-state index contributed by atoms with van der Waals surface area (Å²) in [6.45, 7) is 1.62. The molecule has 0 N–H and O–H groups in total. The van der Waals surface area contributed by atoms with Crippen molar-refractivity contribution in [3.63, 3.8) is 0 Å². The molecule has 0 heterocycles. The topological polar surface area (TPSA) is 57.2 Å². The van der Waals surface area contributed by atoms with Crippen molar-refractivity contribution >= 4 is 11.8 Å². The Morgan fingerprint density at radius 1 is 1.44 bits per heavy atom. The number of hydrogen-bond acceptors (Lipinski definition) is 3. The van der Waals surface area contributed by atoms with E-state index in [9.17, 15) is 14.7 Å². The first-order chi connectivity index (χ1) is 3.66. The van der Waals surface area contributed by atoms with Crippen LogP contribution in [0.25, 0.3) is 0 Å². The fourth-order valence-corrected chi connectivity index (χ4v) is 0.286. The van der Waals surface area contributed by atoms with E-state index in [1.807, 2.05) is 0 Å². The molecule has 0 aromatic heterocycles. The van der Waals surface area contributed by atoms with Crippen LogP contribution >= 0.6 is 0 Å². The van der Waals surface area contributed by atoms with Crippen LogP contribution in [0.1, 0.15) is 19.8 Å². The third-order valence-electron chi connectivity index (χ3n) is 0.736. The van der Waals surface area contributed by atoms with Crippen LogP contribution in [0.5, 0.6) is 0 Å². The van der Waals surface area contributed by atoms with Gasteiger partial charge in [0.2, 0.25) is 0 Å². The SMILES string of the molecule is CCC(=O)CC(=O)[O-].[Li+]. The van der Waals surface area contributed by atoms with E-state index in [0.717, 1.165) is 0 Å². The molecular formula is C5H7LiO3. The van der Waals surface area contributed by atoms with Crippen LogP contribution in [0.15, 0.2) is 0 Å². The van der Waals surface area contributed by atoms with Gasteiger partial charge in [0.05, 0.1) is 0 Å². The second-order valence-electron chi connectivity index (χ2n) is 1.44. The molecule has 0 atom stereocenters. The Bertz CT molecular complexity index is 111. The van der Waals surface area contributed by atoms with Crippen LogP contribution in [0, 0.1) is 0 Å². The van der Waals surface area contributed by atoms with Crippen LogP contribution in [0.4, 0.5) is 0 Å². The minimum absolute atomic E-state index is 0. The Morgan fingerprint density at radius 3 is 2.00 bits per heavy atom. The first-order valence-electron chi connectivity index (χ1n) is 2.38. The van der Waals surface area contributed by atoms with Crippen molar-refractivity contribution in [2.24, 2.45) is 0 Å². The summed E-state index contributed by atoms with van der Waals surface area (Å²) in [4.78, 5) is 19.8. The Balaban J connectivity index is 0. The Labute approximate surface area is 65.6 Å². The Kier molecular flexibility index (Phi) is 7.51. The van der Waals surface area contributed by atoms with Gasteiger partial charge in [-0.3, -0.25) is 4.79 Å². The van der Waals surface area contributed by atoms with Gasteiger partial charge in [-0.2, -0.15) is 0 Å². The first-order valence-corrected chi connectivity index (χ1v) is 2.38. The fraction of sp³-hybridized carbons (Fsp3) is 0.600. The maximum Gasteiger partial charge on any atom is 1.00 e. The first kappa shape index (κ1) is 11.5. The molecule has 46 valence electrons. The zero-order chi connectivity index (χ0) is 6.57. The number of rotatable bonds is 3. The van der Waals surface area contributed by atoms with E-state index < -0.39 is 12.4 Å². The molecule has 0 amide bonds. The smallest absolute Gasteiger partial charge is 0.550 e. The van der Waals surface area contributed by atoms with Crippen LogP contribution in [0.2, 0.25) is 0 Å². The van der Waals surface area contributed by atoms with Crippen molar-refractivity contribution in [2.45, 2.75) is 19.8 Å². The number of Topliss-reactive ketones (excluding diaryl/α,β-unsaturated/α-hetero) is 1. The third-order valence-corrected chi connectivity index (χ3v) is 0.736. The molecule has 0 aliphatic rings. The zero-order valence-electron chi connectivity index (χ0n) is 5.64. The van der Waals surface area contributed by atoms with Gasteiger partial charge in [-0.25, -0.2) is 0 Å². The molecule has 0 saturated heterocycles. The maximum absolute atomic E-state index is 10.2. The van der Waals surface area contributed by atoms with Crippen molar-refractivity contribution in [1.82, 2.24) is 0 Å². The summed E-state index contributed by atoms with van der Waals surface area (Å²) in [5.74, 6) is -1.58. The van der Waals surface area contributed by atoms with E-state index in [0.29, 0.717) is 0 Å². The van der Waals surface area contributed by atoms with Gasteiger partial charge in [0.1, 0.15) is 5.78 Å². The Hall–Kier alpha value is -0.263. The number of carbonyl (C=O) groups excluding carboxylic acids is 2. The molecule has 4 heteroatoms. The molecule has 9 heavy (non-hydrogen) atoms. The Morgan fingerprint density at radius 2 is 1.89 bits per heavy atom. The van der Waals surface area contributed by atoms with E-state index in [2.05, 4.69) is 0 Å². The van der Waals surface area contributed by atoms with Gasteiger partial charge in [0, 0.05) is 18.8 Å². The van der Waals surface area contributed by atoms with Gasteiger partial charge in [0.25, 0.3) is 0 Å². The molecule has 0 aliphatic carbocycles. The molecule has 0 rings (SSSR count). The van der Waals surface area contributed by atoms with Crippen molar-refractivity contribution in [3.8, 4) is 0 Å². The predicted molar refractivity (Wildman–Crippen MR) is 24.9 cm³/mol. The molecule has 0 radical (unpaired) electrons. The molecule has 3 nitrogen and oxygen atoms in total. The van der Waals surface area contributed by atoms with E-state index in [1.54, 1.807) is 6.92 Å². The van der Waals surface area contributed by atoms with E-state index in [4.69, 9.17) is 0 Å². The van der Waals surface area contributed by atoms with Gasteiger partial charge in [-0.1, -0.05) is 6.92 Å². The van der Waals surface area contributed by atoms with E-state index in [-0.39, 0.29) is 31.1 Å². The monoisotopic (exact) mass is 122 g/mol. The van der Waals surface area contributed by atoms with Gasteiger partial charge in [0.15, 0.2) is 0 Å². The summed E-state index contributed by atoms with van der Waals surface area (Å²) in [5, 5.41) is 9.64. The maximum atomic E-state index is 10.2. The number of carboxylic acid groups (broad SMARTS) is 1. The van der Waals surface area contributed by atoms with Crippen molar-refractivity contribution < 1.29 is 33.6 Å². The van der Waals surface area contributed by atoms with Gasteiger partial charge in [-0.15, -0.1) is 0 Å². The van der Waals surface area contributed by atoms with E-state index >= 15 is 0 Å². The molecule has 0 fully saturated rings. The molecule has 0 spiro atoms. The third kappa shape index (κ3) is 7.74. The van der Waals surface area contributed by atoms with Crippen LogP contribution in [-0.2, 0) is 9.59 Å². The minimum atomic E-state index is -1.29. The van der Waals surface area contributed by atoms with Crippen LogP contribution < -0.4 is 24.0 Å².